The molecule has 0 fully saturated rings. The Balaban J connectivity index is 2.32. The number of ether oxygens (including phenoxy) is 1. The normalized spacial score (nSPS) is 13.4. The Kier molecular flexibility index (Phi) is 6.48. The van der Waals surface area contributed by atoms with E-state index in [2.05, 4.69) is 5.32 Å². The van der Waals surface area contributed by atoms with Gasteiger partial charge in [-0.05, 0) is 12.1 Å². The van der Waals surface area contributed by atoms with Crippen molar-refractivity contribution >= 4 is 11.9 Å². The van der Waals surface area contributed by atoms with Gasteiger partial charge in [0.25, 0.3) is 0 Å². The highest BCUT2D eigenvalue weighted by Gasteiger charge is 2.20. The molecule has 0 aliphatic carbocycles. The number of hydrogen-bond donors (Lipinski definition) is 4. The van der Waals surface area contributed by atoms with Crippen molar-refractivity contribution in [1.82, 2.24) is 5.32 Å². The van der Waals surface area contributed by atoms with E-state index in [-0.39, 0.29) is 19.6 Å². The van der Waals surface area contributed by atoms with E-state index < -0.39 is 24.0 Å². The lowest BCUT2D eigenvalue weighted by Crippen LogP contribution is -2.44. The van der Waals surface area contributed by atoms with Gasteiger partial charge < -0.3 is 26.0 Å². The molecular formula is C13H18N2O5. The van der Waals surface area contributed by atoms with Gasteiger partial charge in [0.2, 0.25) is 5.91 Å². The Labute approximate surface area is 116 Å². The van der Waals surface area contributed by atoms with Crippen molar-refractivity contribution in [2.24, 2.45) is 5.73 Å². The highest BCUT2D eigenvalue weighted by Crippen LogP contribution is 2.08. The lowest BCUT2D eigenvalue weighted by Gasteiger charge is -2.16. The zero-order valence-corrected chi connectivity index (χ0v) is 10.9. The van der Waals surface area contributed by atoms with Crippen LogP contribution in [0.1, 0.15) is 6.42 Å². The summed E-state index contributed by atoms with van der Waals surface area (Å²) in [7, 11) is 0. The molecule has 1 aromatic rings. The van der Waals surface area contributed by atoms with Crippen molar-refractivity contribution in [1.29, 1.82) is 0 Å². The number of carboxylic acid groups (broad SMARTS) is 1. The number of primary amides is 1. The van der Waals surface area contributed by atoms with E-state index in [1.807, 2.05) is 6.07 Å². The zero-order chi connectivity index (χ0) is 15.0. The maximum Gasteiger partial charge on any atom is 0.321 e. The average molecular weight is 282 g/mol. The molecular weight excluding hydrogens is 264 g/mol. The molecule has 110 valence electrons. The topological polar surface area (TPSA) is 122 Å². The molecule has 0 saturated carbocycles. The number of nitrogens with one attached hydrogen (secondary N) is 1. The predicted molar refractivity (Wildman–Crippen MR) is 71.2 cm³/mol. The number of amides is 1. The Morgan fingerprint density at radius 2 is 1.95 bits per heavy atom. The van der Waals surface area contributed by atoms with Gasteiger partial charge in [0, 0.05) is 6.54 Å². The van der Waals surface area contributed by atoms with Gasteiger partial charge in [0.15, 0.2) is 0 Å². The molecule has 0 aromatic heterocycles. The molecule has 2 atom stereocenters. The third kappa shape index (κ3) is 6.17. The van der Waals surface area contributed by atoms with E-state index in [1.54, 1.807) is 24.3 Å². The molecule has 0 aliphatic heterocycles. The maximum atomic E-state index is 10.8. The molecule has 1 aromatic carbocycles. The summed E-state index contributed by atoms with van der Waals surface area (Å²) in [6.07, 6.45) is -1.23. The number of aliphatic carboxylic acids is 1. The average Bonchev–Trinajstić information content (AvgIpc) is 2.41. The van der Waals surface area contributed by atoms with Gasteiger partial charge in [-0.1, -0.05) is 18.2 Å². The van der Waals surface area contributed by atoms with Crippen LogP contribution < -0.4 is 15.8 Å². The Hall–Kier alpha value is -2.12. The standard InChI is InChI=1S/C13H18N2O5/c14-12(17)6-11(13(18)19)15-7-9(16)8-20-10-4-2-1-3-5-10/h1-5,9,11,15-16H,6-8H2,(H2,14,17)(H,18,19)/t9-,11-/m1/s1. The van der Waals surface area contributed by atoms with Gasteiger partial charge in [-0.25, -0.2) is 0 Å². The maximum absolute atomic E-state index is 10.8. The molecule has 7 nitrogen and oxygen atoms in total. The Bertz CT molecular complexity index is 438. The van der Waals surface area contributed by atoms with E-state index in [9.17, 15) is 14.7 Å². The summed E-state index contributed by atoms with van der Waals surface area (Å²) in [5.41, 5.74) is 4.94. The molecule has 5 N–H and O–H groups in total. The molecule has 0 spiro atoms. The molecule has 0 heterocycles. The number of benzene rings is 1. The second-order valence-corrected chi connectivity index (χ2v) is 4.25. The first kappa shape index (κ1) is 15.9. The SMILES string of the molecule is NC(=O)C[C@@H](NC[C@@H](O)COc1ccccc1)C(=O)O. The molecule has 0 aliphatic rings. The van der Waals surface area contributed by atoms with Crippen molar-refractivity contribution in [2.45, 2.75) is 18.6 Å². The van der Waals surface area contributed by atoms with Crippen LogP contribution in [0.25, 0.3) is 0 Å². The monoisotopic (exact) mass is 282 g/mol. The second kappa shape index (κ2) is 8.13. The number of aliphatic hydroxyl groups excluding tert-OH is 1. The number of carboxylic acids is 1. The van der Waals surface area contributed by atoms with Gasteiger partial charge in [-0.2, -0.15) is 0 Å². The number of aliphatic hydroxyl groups is 1. The summed E-state index contributed by atoms with van der Waals surface area (Å²) in [4.78, 5) is 21.5. The Morgan fingerprint density at radius 3 is 2.50 bits per heavy atom. The van der Waals surface area contributed by atoms with E-state index in [0.717, 1.165) is 0 Å². The molecule has 0 bridgehead atoms. The minimum Gasteiger partial charge on any atom is -0.491 e. The number of carbonyl (C=O) groups excluding carboxylic acids is 1. The van der Waals surface area contributed by atoms with Gasteiger partial charge in [-0.3, -0.25) is 9.59 Å². The van der Waals surface area contributed by atoms with Gasteiger partial charge >= 0.3 is 5.97 Å². The molecule has 1 rings (SSSR count). The van der Waals surface area contributed by atoms with E-state index >= 15 is 0 Å². The first-order chi connectivity index (χ1) is 9.49. The van der Waals surface area contributed by atoms with Crippen LogP contribution in [-0.2, 0) is 9.59 Å². The van der Waals surface area contributed by atoms with Crippen molar-refractivity contribution in [3.63, 3.8) is 0 Å². The van der Waals surface area contributed by atoms with Crippen LogP contribution in [0.4, 0.5) is 0 Å². The molecule has 20 heavy (non-hydrogen) atoms. The highest BCUT2D eigenvalue weighted by atomic mass is 16.5. The van der Waals surface area contributed by atoms with Crippen molar-refractivity contribution in [2.75, 3.05) is 13.2 Å². The fourth-order valence-corrected chi connectivity index (χ4v) is 1.49. The molecule has 0 unspecified atom stereocenters. The van der Waals surface area contributed by atoms with Crippen LogP contribution in [0, 0.1) is 0 Å². The number of carbonyl (C=O) groups is 2. The first-order valence-electron chi connectivity index (χ1n) is 6.09. The zero-order valence-electron chi connectivity index (χ0n) is 10.9. The van der Waals surface area contributed by atoms with Crippen molar-refractivity contribution in [3.8, 4) is 5.75 Å². The molecule has 0 radical (unpaired) electrons. The fourth-order valence-electron chi connectivity index (χ4n) is 1.49. The van der Waals surface area contributed by atoms with Gasteiger partial charge in [-0.15, -0.1) is 0 Å². The summed E-state index contributed by atoms with van der Waals surface area (Å²) in [5, 5.41) is 21.1. The third-order valence-corrected chi connectivity index (χ3v) is 2.49. The molecule has 1 amide bonds. The van der Waals surface area contributed by atoms with Crippen LogP contribution >= 0.6 is 0 Å². The van der Waals surface area contributed by atoms with E-state index in [1.165, 1.54) is 0 Å². The van der Waals surface area contributed by atoms with Crippen molar-refractivity contribution in [3.05, 3.63) is 30.3 Å². The predicted octanol–water partition coefficient (Wildman–Crippen LogP) is -0.655. The largest absolute Gasteiger partial charge is 0.491 e. The minimum absolute atomic E-state index is 0.0138. The van der Waals surface area contributed by atoms with Crippen LogP contribution in [-0.4, -0.2) is 47.4 Å². The summed E-state index contributed by atoms with van der Waals surface area (Å²) in [6.45, 7) is -0.00297. The number of rotatable bonds is 9. The third-order valence-electron chi connectivity index (χ3n) is 2.49. The Morgan fingerprint density at radius 1 is 1.30 bits per heavy atom. The lowest BCUT2D eigenvalue weighted by molar-refractivity contribution is -0.141. The molecule has 7 heteroatoms. The number of para-hydroxylation sites is 1. The quantitative estimate of drug-likeness (QED) is 0.477. The molecule has 0 saturated heterocycles. The second-order valence-electron chi connectivity index (χ2n) is 4.25. The van der Waals surface area contributed by atoms with Crippen LogP contribution in [0.15, 0.2) is 30.3 Å². The van der Waals surface area contributed by atoms with Crippen LogP contribution in [0.5, 0.6) is 5.75 Å². The first-order valence-corrected chi connectivity index (χ1v) is 6.09. The van der Waals surface area contributed by atoms with Gasteiger partial charge in [0.05, 0.1) is 6.42 Å². The van der Waals surface area contributed by atoms with Crippen LogP contribution in [0.3, 0.4) is 0 Å². The number of nitrogens with two attached hydrogens (primary N) is 1. The summed E-state index contributed by atoms with van der Waals surface area (Å²) >= 11 is 0. The summed E-state index contributed by atoms with van der Waals surface area (Å²) in [5.74, 6) is -1.31. The highest BCUT2D eigenvalue weighted by molar-refractivity contribution is 5.83. The van der Waals surface area contributed by atoms with Crippen LogP contribution in [0.2, 0.25) is 0 Å². The number of hydrogen-bond acceptors (Lipinski definition) is 5. The lowest BCUT2D eigenvalue weighted by atomic mass is 10.2. The summed E-state index contributed by atoms with van der Waals surface area (Å²) < 4.78 is 5.31. The van der Waals surface area contributed by atoms with E-state index in [4.69, 9.17) is 15.6 Å². The smallest absolute Gasteiger partial charge is 0.321 e. The fraction of sp³-hybridized carbons (Fsp3) is 0.385. The van der Waals surface area contributed by atoms with Crippen molar-refractivity contribution < 1.29 is 24.5 Å². The van der Waals surface area contributed by atoms with Gasteiger partial charge in [0.1, 0.15) is 24.5 Å². The minimum atomic E-state index is -1.19. The summed E-state index contributed by atoms with van der Waals surface area (Å²) in [6, 6.07) is 7.81. The van der Waals surface area contributed by atoms with E-state index in [0.29, 0.717) is 5.75 Å².